The molecule has 4 nitrogen and oxygen atoms in total. The van der Waals surface area contributed by atoms with Crippen molar-refractivity contribution in [3.05, 3.63) is 44.3 Å². The first-order valence-corrected chi connectivity index (χ1v) is 6.79. The lowest BCUT2D eigenvalue weighted by Crippen LogP contribution is -2.15. The lowest BCUT2D eigenvalue weighted by Gasteiger charge is -2.08. The second-order valence-corrected chi connectivity index (χ2v) is 5.04. The number of benzene rings is 1. The molecule has 0 radical (unpaired) electrons. The summed E-state index contributed by atoms with van der Waals surface area (Å²) in [6, 6.07) is 5.59. The topological polar surface area (TPSA) is 55.0 Å². The van der Waals surface area contributed by atoms with E-state index in [2.05, 4.69) is 25.9 Å². The fourth-order valence-electron chi connectivity index (χ4n) is 1.87. The minimum Gasteiger partial charge on any atom is -0.496 e. The number of methoxy groups -OCH3 is 1. The first-order valence-electron chi connectivity index (χ1n) is 6.00. The van der Waals surface area contributed by atoms with Gasteiger partial charge in [0.1, 0.15) is 11.6 Å². The molecule has 0 saturated heterocycles. The van der Waals surface area contributed by atoms with Gasteiger partial charge in [-0.15, -0.1) is 0 Å². The summed E-state index contributed by atoms with van der Waals surface area (Å²) in [5.74, 6) is 1.32. The van der Waals surface area contributed by atoms with Crippen LogP contribution in [0.1, 0.15) is 18.2 Å². The highest BCUT2D eigenvalue weighted by atomic mass is 79.9. The first kappa shape index (κ1) is 13.8. The van der Waals surface area contributed by atoms with Gasteiger partial charge in [-0.3, -0.25) is 4.79 Å². The number of aromatic nitrogens is 2. The summed E-state index contributed by atoms with van der Waals surface area (Å²) < 4.78 is 6.01. The van der Waals surface area contributed by atoms with E-state index in [0.717, 1.165) is 27.9 Å². The summed E-state index contributed by atoms with van der Waals surface area (Å²) in [7, 11) is 1.61. The second kappa shape index (κ2) is 5.57. The third-order valence-electron chi connectivity index (χ3n) is 3.01. The molecular formula is C14H15BrN2O2. The molecule has 2 aromatic rings. The van der Waals surface area contributed by atoms with Gasteiger partial charge in [-0.05, 0) is 47.5 Å². The highest BCUT2D eigenvalue weighted by molar-refractivity contribution is 9.10. The number of aryl methyl sites for hydroxylation is 1. The van der Waals surface area contributed by atoms with Crippen LogP contribution >= 0.6 is 15.9 Å². The number of aromatic amines is 1. The van der Waals surface area contributed by atoms with Gasteiger partial charge in [-0.1, -0.05) is 6.92 Å². The maximum atomic E-state index is 11.9. The monoisotopic (exact) mass is 322 g/mol. The predicted molar refractivity (Wildman–Crippen MR) is 78.7 cm³/mol. The molecule has 1 aromatic carbocycles. The van der Waals surface area contributed by atoms with Crippen molar-refractivity contribution in [2.45, 2.75) is 20.3 Å². The molecule has 1 N–H and O–H groups in total. The Morgan fingerprint density at radius 3 is 2.74 bits per heavy atom. The van der Waals surface area contributed by atoms with Crippen molar-refractivity contribution in [2.75, 3.05) is 7.11 Å². The number of hydrogen-bond donors (Lipinski definition) is 1. The number of nitrogens with one attached hydrogen (secondary N) is 1. The van der Waals surface area contributed by atoms with Crippen LogP contribution in [0.4, 0.5) is 0 Å². The Morgan fingerprint density at radius 2 is 2.16 bits per heavy atom. The Hall–Kier alpha value is -1.62. The molecule has 0 saturated carbocycles. The molecule has 0 spiro atoms. The van der Waals surface area contributed by atoms with Crippen molar-refractivity contribution in [1.82, 2.24) is 9.97 Å². The largest absolute Gasteiger partial charge is 0.496 e. The van der Waals surface area contributed by atoms with Crippen LogP contribution in [0.15, 0.2) is 27.5 Å². The number of H-pyrrole nitrogens is 1. The van der Waals surface area contributed by atoms with Gasteiger partial charge in [0, 0.05) is 11.1 Å². The van der Waals surface area contributed by atoms with E-state index in [0.29, 0.717) is 11.4 Å². The SMILES string of the molecule is CCc1nc(-c2ccc(OC)c(Br)c2)[nH]c(=O)c1C. The van der Waals surface area contributed by atoms with Gasteiger partial charge in [0.2, 0.25) is 0 Å². The van der Waals surface area contributed by atoms with E-state index in [1.807, 2.05) is 25.1 Å². The molecule has 1 heterocycles. The van der Waals surface area contributed by atoms with Crippen molar-refractivity contribution in [3.63, 3.8) is 0 Å². The van der Waals surface area contributed by atoms with Crippen molar-refractivity contribution in [1.29, 1.82) is 0 Å². The molecule has 0 unspecified atom stereocenters. The minimum absolute atomic E-state index is 0.0891. The van der Waals surface area contributed by atoms with E-state index in [9.17, 15) is 4.79 Å². The van der Waals surface area contributed by atoms with Gasteiger partial charge < -0.3 is 9.72 Å². The summed E-state index contributed by atoms with van der Waals surface area (Å²) in [5, 5.41) is 0. The van der Waals surface area contributed by atoms with Crippen LogP contribution in [-0.2, 0) is 6.42 Å². The number of ether oxygens (including phenoxy) is 1. The van der Waals surface area contributed by atoms with Crippen LogP contribution in [-0.4, -0.2) is 17.1 Å². The standard InChI is InChI=1S/C14H15BrN2O2/c1-4-11-8(2)14(18)17-13(16-11)9-5-6-12(19-3)10(15)7-9/h5-7H,4H2,1-3H3,(H,16,17,18). The first-order chi connectivity index (χ1) is 9.06. The Kier molecular flexibility index (Phi) is 4.04. The number of hydrogen-bond acceptors (Lipinski definition) is 3. The maximum Gasteiger partial charge on any atom is 0.254 e. The molecule has 100 valence electrons. The average Bonchev–Trinajstić information content (AvgIpc) is 2.41. The van der Waals surface area contributed by atoms with Crippen LogP contribution in [0.2, 0.25) is 0 Å². The molecule has 0 bridgehead atoms. The normalized spacial score (nSPS) is 10.5. The Bertz CT molecular complexity index is 665. The zero-order valence-corrected chi connectivity index (χ0v) is 12.7. The van der Waals surface area contributed by atoms with Gasteiger partial charge >= 0.3 is 0 Å². The van der Waals surface area contributed by atoms with Crippen LogP contribution in [0.25, 0.3) is 11.4 Å². The summed E-state index contributed by atoms with van der Waals surface area (Å²) in [6.45, 7) is 3.78. The zero-order valence-electron chi connectivity index (χ0n) is 11.1. The summed E-state index contributed by atoms with van der Waals surface area (Å²) in [6.07, 6.45) is 0.736. The molecule has 0 aliphatic heterocycles. The van der Waals surface area contributed by atoms with Crippen molar-refractivity contribution in [2.24, 2.45) is 0 Å². The molecular weight excluding hydrogens is 308 g/mol. The van der Waals surface area contributed by atoms with E-state index in [4.69, 9.17) is 4.74 Å². The smallest absolute Gasteiger partial charge is 0.254 e. The Morgan fingerprint density at radius 1 is 1.42 bits per heavy atom. The van der Waals surface area contributed by atoms with E-state index >= 15 is 0 Å². The Labute approximate surface area is 120 Å². The molecule has 0 aliphatic rings. The molecule has 0 atom stereocenters. The van der Waals surface area contributed by atoms with Crippen LogP contribution in [0, 0.1) is 6.92 Å². The molecule has 0 fully saturated rings. The predicted octanol–water partition coefficient (Wildman–Crippen LogP) is 3.08. The van der Waals surface area contributed by atoms with Gasteiger partial charge in [-0.2, -0.15) is 0 Å². The molecule has 2 rings (SSSR count). The molecule has 19 heavy (non-hydrogen) atoms. The van der Waals surface area contributed by atoms with Gasteiger partial charge in [0.05, 0.1) is 17.3 Å². The third-order valence-corrected chi connectivity index (χ3v) is 3.63. The highest BCUT2D eigenvalue weighted by Crippen LogP contribution is 2.28. The average molecular weight is 323 g/mol. The fourth-order valence-corrected chi connectivity index (χ4v) is 2.41. The molecule has 5 heteroatoms. The minimum atomic E-state index is -0.0891. The van der Waals surface area contributed by atoms with E-state index in [1.165, 1.54) is 0 Å². The summed E-state index contributed by atoms with van der Waals surface area (Å²) >= 11 is 3.43. The van der Waals surface area contributed by atoms with Crippen LogP contribution in [0.5, 0.6) is 5.75 Å². The van der Waals surface area contributed by atoms with Crippen molar-refractivity contribution >= 4 is 15.9 Å². The fraction of sp³-hybridized carbons (Fsp3) is 0.286. The highest BCUT2D eigenvalue weighted by Gasteiger charge is 2.09. The van der Waals surface area contributed by atoms with E-state index < -0.39 is 0 Å². The van der Waals surface area contributed by atoms with Gasteiger partial charge in [-0.25, -0.2) is 4.98 Å². The lowest BCUT2D eigenvalue weighted by molar-refractivity contribution is 0.412. The third kappa shape index (κ3) is 2.71. The zero-order chi connectivity index (χ0) is 14.0. The number of rotatable bonds is 3. The molecule has 0 aliphatic carbocycles. The quantitative estimate of drug-likeness (QED) is 0.944. The van der Waals surface area contributed by atoms with Gasteiger partial charge in [0.15, 0.2) is 0 Å². The molecule has 0 amide bonds. The van der Waals surface area contributed by atoms with Gasteiger partial charge in [0.25, 0.3) is 5.56 Å². The van der Waals surface area contributed by atoms with E-state index in [1.54, 1.807) is 14.0 Å². The summed E-state index contributed by atoms with van der Waals surface area (Å²) in [5.41, 5.74) is 2.26. The van der Waals surface area contributed by atoms with Crippen LogP contribution < -0.4 is 10.3 Å². The number of nitrogens with zero attached hydrogens (tertiary/aromatic N) is 1. The van der Waals surface area contributed by atoms with Crippen LogP contribution in [0.3, 0.4) is 0 Å². The summed E-state index contributed by atoms with van der Waals surface area (Å²) in [4.78, 5) is 19.2. The number of halogens is 1. The van der Waals surface area contributed by atoms with E-state index in [-0.39, 0.29) is 5.56 Å². The maximum absolute atomic E-state index is 11.9. The second-order valence-electron chi connectivity index (χ2n) is 4.19. The molecule has 1 aromatic heterocycles. The Balaban J connectivity index is 2.56. The van der Waals surface area contributed by atoms with Crippen molar-refractivity contribution in [3.8, 4) is 17.1 Å². The lowest BCUT2D eigenvalue weighted by atomic mass is 10.1. The van der Waals surface area contributed by atoms with Crippen molar-refractivity contribution < 1.29 is 4.74 Å².